The maximum atomic E-state index is 12.1. The lowest BCUT2D eigenvalue weighted by molar-refractivity contribution is 0.188. The fourth-order valence-electron chi connectivity index (χ4n) is 1.94. The summed E-state index contributed by atoms with van der Waals surface area (Å²) in [5, 5.41) is 3.24. The molecular weight excluding hydrogens is 288 g/mol. The molecule has 0 heterocycles. The Morgan fingerprint density at radius 1 is 1.19 bits per heavy atom. The summed E-state index contributed by atoms with van der Waals surface area (Å²) < 4.78 is 31.8. The average Bonchev–Trinajstić information content (AvgIpc) is 2.43. The summed E-state index contributed by atoms with van der Waals surface area (Å²) in [5.41, 5.74) is 1.95. The van der Waals surface area contributed by atoms with Crippen molar-refractivity contribution in [3.63, 3.8) is 0 Å². The maximum absolute atomic E-state index is 12.1. The van der Waals surface area contributed by atoms with Crippen LogP contribution in [0.25, 0.3) is 0 Å². The first kappa shape index (κ1) is 18.1. The number of hydrogen-bond donors (Lipinski definition) is 2. The molecule has 0 aliphatic rings. The van der Waals surface area contributed by atoms with Gasteiger partial charge in [-0.3, -0.25) is 0 Å². The van der Waals surface area contributed by atoms with Crippen molar-refractivity contribution in [1.29, 1.82) is 0 Å². The van der Waals surface area contributed by atoms with Gasteiger partial charge < -0.3 is 10.1 Å². The molecule has 1 aromatic rings. The van der Waals surface area contributed by atoms with E-state index in [0.29, 0.717) is 13.0 Å². The first-order valence-electron chi connectivity index (χ1n) is 7.24. The van der Waals surface area contributed by atoms with Gasteiger partial charge in [0.2, 0.25) is 10.0 Å². The molecule has 5 nitrogen and oxygen atoms in total. The summed E-state index contributed by atoms with van der Waals surface area (Å²) in [7, 11) is -1.71. The lowest BCUT2D eigenvalue weighted by Crippen LogP contribution is -2.34. The molecule has 1 atom stereocenters. The second-order valence-electron chi connectivity index (χ2n) is 5.16. The standard InChI is InChI=1S/C15H26N2O3S/c1-4-16-11-14-5-7-15(8-6-14)12-21(18,19)17-13(2)9-10-20-3/h5-8,13,16-17H,4,9-12H2,1-3H3. The Kier molecular flexibility index (Phi) is 7.88. The third-order valence-electron chi connectivity index (χ3n) is 3.09. The predicted octanol–water partition coefficient (Wildman–Crippen LogP) is 1.64. The summed E-state index contributed by atoms with van der Waals surface area (Å²) in [4.78, 5) is 0. The number of sulfonamides is 1. The number of nitrogens with one attached hydrogen (secondary N) is 2. The van der Waals surface area contributed by atoms with E-state index in [0.717, 1.165) is 24.2 Å². The average molecular weight is 314 g/mol. The van der Waals surface area contributed by atoms with Crippen molar-refractivity contribution >= 4 is 10.0 Å². The Balaban J connectivity index is 2.54. The van der Waals surface area contributed by atoms with E-state index in [1.54, 1.807) is 7.11 Å². The molecule has 0 bridgehead atoms. The molecule has 6 heteroatoms. The van der Waals surface area contributed by atoms with Crippen molar-refractivity contribution in [2.75, 3.05) is 20.3 Å². The van der Waals surface area contributed by atoms with Crippen molar-refractivity contribution in [3.8, 4) is 0 Å². The van der Waals surface area contributed by atoms with E-state index in [2.05, 4.69) is 17.0 Å². The molecule has 0 aliphatic heterocycles. The van der Waals surface area contributed by atoms with Gasteiger partial charge in [-0.15, -0.1) is 0 Å². The van der Waals surface area contributed by atoms with E-state index in [9.17, 15) is 8.42 Å². The van der Waals surface area contributed by atoms with Gasteiger partial charge in [-0.05, 0) is 31.0 Å². The lowest BCUT2D eigenvalue weighted by atomic mass is 10.1. The molecular formula is C15H26N2O3S. The first-order valence-corrected chi connectivity index (χ1v) is 8.89. The van der Waals surface area contributed by atoms with Gasteiger partial charge in [0.05, 0.1) is 5.75 Å². The molecule has 0 amide bonds. The highest BCUT2D eigenvalue weighted by Crippen LogP contribution is 2.09. The molecule has 1 aromatic carbocycles. The monoisotopic (exact) mass is 314 g/mol. The number of ether oxygens (including phenoxy) is 1. The molecule has 1 unspecified atom stereocenters. The van der Waals surface area contributed by atoms with Crippen LogP contribution in [0.5, 0.6) is 0 Å². The molecule has 21 heavy (non-hydrogen) atoms. The number of rotatable bonds is 10. The van der Waals surface area contributed by atoms with Gasteiger partial charge in [-0.1, -0.05) is 31.2 Å². The molecule has 0 aromatic heterocycles. The number of hydrogen-bond acceptors (Lipinski definition) is 4. The summed E-state index contributed by atoms with van der Waals surface area (Å²) in [6, 6.07) is 7.53. The number of benzene rings is 1. The second kappa shape index (κ2) is 9.15. The molecule has 0 spiro atoms. The van der Waals surface area contributed by atoms with Crippen molar-refractivity contribution in [2.24, 2.45) is 0 Å². The van der Waals surface area contributed by atoms with Crippen LogP contribution in [0.3, 0.4) is 0 Å². The van der Waals surface area contributed by atoms with Crippen LogP contribution in [0.15, 0.2) is 24.3 Å². The van der Waals surface area contributed by atoms with Gasteiger partial charge in [0, 0.05) is 26.3 Å². The van der Waals surface area contributed by atoms with Crippen LogP contribution in [0.2, 0.25) is 0 Å². The van der Waals surface area contributed by atoms with Crippen molar-refractivity contribution in [1.82, 2.24) is 10.0 Å². The quantitative estimate of drug-likeness (QED) is 0.689. The summed E-state index contributed by atoms with van der Waals surface area (Å²) in [5.74, 6) is 0.00576. The van der Waals surface area contributed by atoms with Crippen molar-refractivity contribution < 1.29 is 13.2 Å². The molecule has 2 N–H and O–H groups in total. The van der Waals surface area contributed by atoms with Crippen LogP contribution in [0, 0.1) is 0 Å². The van der Waals surface area contributed by atoms with E-state index < -0.39 is 10.0 Å². The molecule has 0 radical (unpaired) electrons. The van der Waals surface area contributed by atoms with E-state index in [1.165, 1.54) is 0 Å². The van der Waals surface area contributed by atoms with E-state index in [1.807, 2.05) is 31.2 Å². The van der Waals surface area contributed by atoms with Gasteiger partial charge in [-0.25, -0.2) is 13.1 Å². The van der Waals surface area contributed by atoms with E-state index in [-0.39, 0.29) is 11.8 Å². The van der Waals surface area contributed by atoms with E-state index >= 15 is 0 Å². The molecule has 120 valence electrons. The zero-order valence-corrected chi connectivity index (χ0v) is 13.9. The summed E-state index contributed by atoms with van der Waals surface area (Å²) >= 11 is 0. The third kappa shape index (κ3) is 7.57. The van der Waals surface area contributed by atoms with Crippen molar-refractivity contribution in [2.45, 2.75) is 38.6 Å². The van der Waals surface area contributed by atoms with Gasteiger partial charge in [-0.2, -0.15) is 0 Å². The summed E-state index contributed by atoms with van der Waals surface area (Å²) in [6.45, 7) is 6.16. The Hall–Kier alpha value is -0.950. The lowest BCUT2D eigenvalue weighted by Gasteiger charge is -2.14. The number of methoxy groups -OCH3 is 1. The van der Waals surface area contributed by atoms with Crippen LogP contribution < -0.4 is 10.0 Å². The summed E-state index contributed by atoms with van der Waals surface area (Å²) in [6.07, 6.45) is 0.664. The third-order valence-corrected chi connectivity index (χ3v) is 4.57. The van der Waals surface area contributed by atoms with Gasteiger partial charge in [0.15, 0.2) is 0 Å². The first-order chi connectivity index (χ1) is 9.96. The molecule has 0 saturated carbocycles. The zero-order valence-electron chi connectivity index (χ0n) is 13.1. The van der Waals surface area contributed by atoms with Crippen LogP contribution in [0.4, 0.5) is 0 Å². The highest BCUT2D eigenvalue weighted by atomic mass is 32.2. The Morgan fingerprint density at radius 2 is 1.81 bits per heavy atom. The minimum absolute atomic E-state index is 0.00576. The largest absolute Gasteiger partial charge is 0.385 e. The maximum Gasteiger partial charge on any atom is 0.216 e. The predicted molar refractivity (Wildman–Crippen MR) is 85.5 cm³/mol. The molecule has 0 saturated heterocycles. The highest BCUT2D eigenvalue weighted by Gasteiger charge is 2.15. The minimum Gasteiger partial charge on any atom is -0.385 e. The SMILES string of the molecule is CCNCc1ccc(CS(=O)(=O)NC(C)CCOC)cc1. The Labute approximate surface area is 128 Å². The smallest absolute Gasteiger partial charge is 0.216 e. The zero-order chi connectivity index (χ0) is 15.7. The van der Waals surface area contributed by atoms with Gasteiger partial charge >= 0.3 is 0 Å². The molecule has 0 aliphatic carbocycles. The Bertz CT molecular complexity index is 500. The Morgan fingerprint density at radius 3 is 2.38 bits per heavy atom. The van der Waals surface area contributed by atoms with Gasteiger partial charge in [0.1, 0.15) is 0 Å². The fraction of sp³-hybridized carbons (Fsp3) is 0.600. The normalized spacial score (nSPS) is 13.3. The van der Waals surface area contributed by atoms with Crippen LogP contribution in [0.1, 0.15) is 31.4 Å². The molecule has 0 fully saturated rings. The minimum atomic E-state index is -3.32. The molecule has 1 rings (SSSR count). The second-order valence-corrected chi connectivity index (χ2v) is 6.91. The van der Waals surface area contributed by atoms with Crippen molar-refractivity contribution in [3.05, 3.63) is 35.4 Å². The van der Waals surface area contributed by atoms with Crippen LogP contribution >= 0.6 is 0 Å². The van der Waals surface area contributed by atoms with E-state index in [4.69, 9.17) is 4.74 Å². The highest BCUT2D eigenvalue weighted by molar-refractivity contribution is 7.88. The van der Waals surface area contributed by atoms with Gasteiger partial charge in [0.25, 0.3) is 0 Å². The van der Waals surface area contributed by atoms with Crippen LogP contribution in [-0.4, -0.2) is 34.7 Å². The van der Waals surface area contributed by atoms with Crippen LogP contribution in [-0.2, 0) is 27.1 Å². The fourth-order valence-corrected chi connectivity index (χ4v) is 3.39. The topological polar surface area (TPSA) is 67.4 Å².